The van der Waals surface area contributed by atoms with E-state index in [2.05, 4.69) is 67.3 Å². The second-order valence-electron chi connectivity index (χ2n) is 6.52. The van der Waals surface area contributed by atoms with Crippen molar-refractivity contribution in [2.75, 3.05) is 36.4 Å². The summed E-state index contributed by atoms with van der Waals surface area (Å²) in [5.74, 6) is 1.78. The molecule has 1 N–H and O–H groups in total. The number of benzene rings is 1. The molecule has 0 amide bonds. The maximum Gasteiger partial charge on any atom is 0.225 e. The number of anilines is 2. The Morgan fingerprint density at radius 3 is 2.46 bits per heavy atom. The summed E-state index contributed by atoms with van der Waals surface area (Å²) in [6, 6.07) is 12.3. The summed E-state index contributed by atoms with van der Waals surface area (Å²) < 4.78 is 0. The number of hydrogen-bond acceptors (Lipinski definition) is 6. The lowest BCUT2D eigenvalue weighted by atomic mass is 10.1. The standard InChI is InChI=1S/C20H24N6/c1-2-18(24-19-17-7-4-3-6-16(17)8-11-21-19)25-12-14-26(15-13-25)20-22-9-5-10-23-20/h3-11,18H,2,12-15H2,1H3,(H,21,24). The Morgan fingerprint density at radius 1 is 0.923 bits per heavy atom. The summed E-state index contributed by atoms with van der Waals surface area (Å²) in [7, 11) is 0. The minimum Gasteiger partial charge on any atom is -0.354 e. The molecular weight excluding hydrogens is 324 g/mol. The van der Waals surface area contributed by atoms with Crippen LogP contribution in [0.25, 0.3) is 10.8 Å². The van der Waals surface area contributed by atoms with Gasteiger partial charge in [-0.3, -0.25) is 4.90 Å². The van der Waals surface area contributed by atoms with Crippen LogP contribution in [0, 0.1) is 0 Å². The highest BCUT2D eigenvalue weighted by Gasteiger charge is 2.24. The molecule has 0 aliphatic carbocycles. The van der Waals surface area contributed by atoms with E-state index in [1.54, 1.807) is 12.4 Å². The minimum absolute atomic E-state index is 0.271. The minimum atomic E-state index is 0.271. The van der Waals surface area contributed by atoms with Gasteiger partial charge in [-0.1, -0.05) is 31.2 Å². The van der Waals surface area contributed by atoms with Gasteiger partial charge >= 0.3 is 0 Å². The highest BCUT2D eigenvalue weighted by Crippen LogP contribution is 2.23. The average Bonchev–Trinajstić information content (AvgIpc) is 2.73. The van der Waals surface area contributed by atoms with Gasteiger partial charge in [0.25, 0.3) is 0 Å². The number of nitrogens with one attached hydrogen (secondary N) is 1. The van der Waals surface area contributed by atoms with Crippen molar-refractivity contribution in [3.05, 3.63) is 55.0 Å². The molecule has 1 fully saturated rings. The summed E-state index contributed by atoms with van der Waals surface area (Å²) in [5.41, 5.74) is 0. The molecule has 1 saturated heterocycles. The predicted molar refractivity (Wildman–Crippen MR) is 105 cm³/mol. The molecule has 134 valence electrons. The van der Waals surface area contributed by atoms with E-state index in [4.69, 9.17) is 0 Å². The van der Waals surface area contributed by atoms with Gasteiger partial charge in [0.1, 0.15) is 5.82 Å². The Hall–Kier alpha value is -2.73. The number of fused-ring (bicyclic) bond motifs is 1. The number of nitrogens with zero attached hydrogens (tertiary/aromatic N) is 5. The first-order valence-corrected chi connectivity index (χ1v) is 9.21. The lowest BCUT2D eigenvalue weighted by molar-refractivity contribution is 0.197. The lowest BCUT2D eigenvalue weighted by Crippen LogP contribution is -2.53. The normalized spacial score (nSPS) is 16.6. The van der Waals surface area contributed by atoms with Gasteiger partial charge < -0.3 is 10.2 Å². The van der Waals surface area contributed by atoms with E-state index in [9.17, 15) is 0 Å². The van der Waals surface area contributed by atoms with E-state index in [0.29, 0.717) is 0 Å². The molecule has 1 aliphatic heterocycles. The van der Waals surface area contributed by atoms with Crippen molar-refractivity contribution >= 4 is 22.5 Å². The number of rotatable bonds is 5. The monoisotopic (exact) mass is 348 g/mol. The molecule has 6 nitrogen and oxygen atoms in total. The van der Waals surface area contributed by atoms with E-state index >= 15 is 0 Å². The summed E-state index contributed by atoms with van der Waals surface area (Å²) in [6.07, 6.45) is 6.77. The fraction of sp³-hybridized carbons (Fsp3) is 0.350. The Bertz CT molecular complexity index is 840. The Kier molecular flexibility index (Phi) is 4.93. The summed E-state index contributed by atoms with van der Waals surface area (Å²) in [4.78, 5) is 18.1. The lowest BCUT2D eigenvalue weighted by Gasteiger charge is -2.39. The van der Waals surface area contributed by atoms with E-state index in [0.717, 1.165) is 44.4 Å². The van der Waals surface area contributed by atoms with Gasteiger partial charge in [-0.25, -0.2) is 15.0 Å². The van der Waals surface area contributed by atoms with Crippen molar-refractivity contribution in [3.63, 3.8) is 0 Å². The van der Waals surface area contributed by atoms with Gasteiger partial charge in [0.2, 0.25) is 5.95 Å². The zero-order valence-electron chi connectivity index (χ0n) is 15.0. The first kappa shape index (κ1) is 16.7. The molecule has 1 atom stereocenters. The molecular formula is C20H24N6. The molecule has 0 spiro atoms. The molecule has 4 rings (SSSR count). The van der Waals surface area contributed by atoms with Gasteiger partial charge in [0.05, 0.1) is 6.17 Å². The molecule has 1 aliphatic rings. The maximum absolute atomic E-state index is 4.58. The highest BCUT2D eigenvalue weighted by molar-refractivity contribution is 5.91. The zero-order valence-corrected chi connectivity index (χ0v) is 15.0. The summed E-state index contributed by atoms with van der Waals surface area (Å²) in [5, 5.41) is 6.05. The second kappa shape index (κ2) is 7.66. The molecule has 3 aromatic rings. The van der Waals surface area contributed by atoms with Crippen molar-refractivity contribution in [1.82, 2.24) is 19.9 Å². The van der Waals surface area contributed by atoms with Crippen molar-refractivity contribution in [2.45, 2.75) is 19.5 Å². The molecule has 0 radical (unpaired) electrons. The Morgan fingerprint density at radius 2 is 1.69 bits per heavy atom. The molecule has 1 unspecified atom stereocenters. The van der Waals surface area contributed by atoms with Gasteiger partial charge in [0, 0.05) is 50.2 Å². The third kappa shape index (κ3) is 3.46. The smallest absolute Gasteiger partial charge is 0.225 e. The van der Waals surface area contributed by atoms with Crippen LogP contribution in [-0.2, 0) is 0 Å². The van der Waals surface area contributed by atoms with Crippen LogP contribution in [0.1, 0.15) is 13.3 Å². The van der Waals surface area contributed by atoms with Crippen LogP contribution in [0.2, 0.25) is 0 Å². The van der Waals surface area contributed by atoms with E-state index in [1.165, 1.54) is 10.8 Å². The molecule has 0 saturated carbocycles. The van der Waals surface area contributed by atoms with Crippen molar-refractivity contribution in [1.29, 1.82) is 0 Å². The fourth-order valence-corrected chi connectivity index (χ4v) is 3.53. The third-order valence-corrected chi connectivity index (χ3v) is 4.95. The number of pyridine rings is 1. The van der Waals surface area contributed by atoms with Crippen molar-refractivity contribution in [2.24, 2.45) is 0 Å². The van der Waals surface area contributed by atoms with Crippen molar-refractivity contribution in [3.8, 4) is 0 Å². The van der Waals surface area contributed by atoms with Crippen LogP contribution >= 0.6 is 0 Å². The van der Waals surface area contributed by atoms with Crippen LogP contribution < -0.4 is 10.2 Å². The quantitative estimate of drug-likeness (QED) is 0.765. The maximum atomic E-state index is 4.58. The third-order valence-electron chi connectivity index (χ3n) is 4.95. The highest BCUT2D eigenvalue weighted by atomic mass is 15.4. The van der Waals surface area contributed by atoms with Gasteiger partial charge in [-0.15, -0.1) is 0 Å². The molecule has 2 aromatic heterocycles. The van der Waals surface area contributed by atoms with E-state index < -0.39 is 0 Å². The molecule has 1 aromatic carbocycles. The second-order valence-corrected chi connectivity index (χ2v) is 6.52. The van der Waals surface area contributed by atoms with Gasteiger partial charge in [-0.05, 0) is 23.9 Å². The van der Waals surface area contributed by atoms with E-state index in [1.807, 2.05) is 12.3 Å². The first-order valence-electron chi connectivity index (χ1n) is 9.21. The van der Waals surface area contributed by atoms with Crippen LogP contribution in [0.3, 0.4) is 0 Å². The molecule has 6 heteroatoms. The topological polar surface area (TPSA) is 57.2 Å². The van der Waals surface area contributed by atoms with Crippen LogP contribution in [-0.4, -0.2) is 52.2 Å². The Labute approximate surface area is 153 Å². The number of hydrogen-bond donors (Lipinski definition) is 1. The van der Waals surface area contributed by atoms with Gasteiger partial charge in [-0.2, -0.15) is 0 Å². The van der Waals surface area contributed by atoms with Crippen LogP contribution in [0.5, 0.6) is 0 Å². The summed E-state index contributed by atoms with van der Waals surface area (Å²) in [6.45, 7) is 6.05. The molecule has 26 heavy (non-hydrogen) atoms. The van der Waals surface area contributed by atoms with Crippen LogP contribution in [0.4, 0.5) is 11.8 Å². The Balaban J connectivity index is 1.45. The van der Waals surface area contributed by atoms with E-state index in [-0.39, 0.29) is 6.17 Å². The van der Waals surface area contributed by atoms with Crippen molar-refractivity contribution < 1.29 is 0 Å². The summed E-state index contributed by atoms with van der Waals surface area (Å²) >= 11 is 0. The number of piperazine rings is 1. The average molecular weight is 348 g/mol. The van der Waals surface area contributed by atoms with Crippen LogP contribution in [0.15, 0.2) is 55.0 Å². The fourth-order valence-electron chi connectivity index (χ4n) is 3.53. The predicted octanol–water partition coefficient (Wildman–Crippen LogP) is 3.00. The number of aromatic nitrogens is 3. The van der Waals surface area contributed by atoms with Gasteiger partial charge in [0.15, 0.2) is 0 Å². The molecule has 0 bridgehead atoms. The SMILES string of the molecule is CCC(Nc1nccc2ccccc12)N1CCN(c2ncccn2)CC1. The molecule has 3 heterocycles. The largest absolute Gasteiger partial charge is 0.354 e. The first-order chi connectivity index (χ1) is 12.8. The zero-order chi connectivity index (χ0) is 17.8.